The first kappa shape index (κ1) is 12.3. The smallest absolute Gasteiger partial charge is 0.321 e. The van der Waals surface area contributed by atoms with Crippen LogP contribution in [0.2, 0.25) is 0 Å². The number of hydrogen-bond donors (Lipinski definition) is 2. The van der Waals surface area contributed by atoms with Crippen LogP contribution in [0.15, 0.2) is 18.2 Å². The van der Waals surface area contributed by atoms with E-state index in [1.165, 1.54) is 12.1 Å². The summed E-state index contributed by atoms with van der Waals surface area (Å²) in [5.41, 5.74) is 0.326. The van der Waals surface area contributed by atoms with Gasteiger partial charge in [0, 0.05) is 24.8 Å². The number of nitrogens with one attached hydrogen (secondary N) is 1. The van der Waals surface area contributed by atoms with Crippen LogP contribution in [0.4, 0.5) is 14.9 Å². The standard InChI is InChI=1S/C11H15FN2O2/c1-3-14(4-2)11(16)13-8-5-6-10(15)9(12)7-8/h5-7,15H,3-4H2,1-2H3,(H,13,16). The van der Waals surface area contributed by atoms with Crippen LogP contribution >= 0.6 is 0 Å². The molecule has 88 valence electrons. The largest absolute Gasteiger partial charge is 0.505 e. The van der Waals surface area contributed by atoms with Gasteiger partial charge in [-0.3, -0.25) is 0 Å². The Morgan fingerprint density at radius 3 is 2.56 bits per heavy atom. The first-order chi connectivity index (χ1) is 7.58. The van der Waals surface area contributed by atoms with Gasteiger partial charge in [-0.05, 0) is 26.0 Å². The first-order valence-electron chi connectivity index (χ1n) is 5.13. The van der Waals surface area contributed by atoms with Crippen molar-refractivity contribution in [2.45, 2.75) is 13.8 Å². The van der Waals surface area contributed by atoms with E-state index in [0.717, 1.165) is 6.07 Å². The molecule has 0 saturated heterocycles. The minimum absolute atomic E-state index is 0.282. The van der Waals surface area contributed by atoms with Gasteiger partial charge in [0.15, 0.2) is 11.6 Å². The number of hydrogen-bond acceptors (Lipinski definition) is 2. The summed E-state index contributed by atoms with van der Waals surface area (Å²) in [6.07, 6.45) is 0. The number of rotatable bonds is 3. The molecular formula is C11H15FN2O2. The number of carbonyl (C=O) groups is 1. The Bertz CT molecular complexity index is 378. The lowest BCUT2D eigenvalue weighted by atomic mass is 10.3. The maximum atomic E-state index is 13.0. The van der Waals surface area contributed by atoms with Crippen molar-refractivity contribution in [2.24, 2.45) is 0 Å². The highest BCUT2D eigenvalue weighted by molar-refractivity contribution is 5.89. The molecule has 0 aliphatic carbocycles. The molecule has 2 N–H and O–H groups in total. The number of anilines is 1. The molecule has 0 aliphatic rings. The van der Waals surface area contributed by atoms with Gasteiger partial charge in [0.05, 0.1) is 0 Å². The van der Waals surface area contributed by atoms with Gasteiger partial charge in [0.2, 0.25) is 0 Å². The monoisotopic (exact) mass is 226 g/mol. The lowest BCUT2D eigenvalue weighted by molar-refractivity contribution is 0.217. The summed E-state index contributed by atoms with van der Waals surface area (Å²) in [7, 11) is 0. The van der Waals surface area contributed by atoms with E-state index < -0.39 is 11.6 Å². The number of benzene rings is 1. The van der Waals surface area contributed by atoms with Crippen molar-refractivity contribution in [2.75, 3.05) is 18.4 Å². The van der Waals surface area contributed by atoms with Gasteiger partial charge in [0.1, 0.15) is 0 Å². The lowest BCUT2D eigenvalue weighted by Gasteiger charge is -2.19. The predicted octanol–water partition coefficient (Wildman–Crippen LogP) is 2.40. The van der Waals surface area contributed by atoms with E-state index in [9.17, 15) is 9.18 Å². The molecule has 0 aromatic heterocycles. The second-order valence-electron chi connectivity index (χ2n) is 3.27. The fraction of sp³-hybridized carbons (Fsp3) is 0.364. The van der Waals surface area contributed by atoms with E-state index in [0.29, 0.717) is 18.8 Å². The van der Waals surface area contributed by atoms with Crippen LogP contribution in [0.5, 0.6) is 5.75 Å². The molecule has 0 saturated carbocycles. The summed E-state index contributed by atoms with van der Waals surface area (Å²) in [6.45, 7) is 4.90. The predicted molar refractivity (Wildman–Crippen MR) is 60.0 cm³/mol. The molecular weight excluding hydrogens is 211 g/mol. The molecule has 1 aromatic carbocycles. The van der Waals surface area contributed by atoms with Gasteiger partial charge in [-0.2, -0.15) is 0 Å². The lowest BCUT2D eigenvalue weighted by Crippen LogP contribution is -2.34. The normalized spacial score (nSPS) is 9.94. The second-order valence-corrected chi connectivity index (χ2v) is 3.27. The number of halogens is 1. The molecule has 0 bridgehead atoms. The van der Waals surface area contributed by atoms with Gasteiger partial charge >= 0.3 is 6.03 Å². The Balaban J connectivity index is 2.73. The number of nitrogens with zero attached hydrogens (tertiary/aromatic N) is 1. The minimum Gasteiger partial charge on any atom is -0.505 e. The van der Waals surface area contributed by atoms with Crippen LogP contribution in [-0.4, -0.2) is 29.1 Å². The molecule has 0 spiro atoms. The summed E-state index contributed by atoms with van der Waals surface area (Å²) in [5.74, 6) is -1.18. The number of phenols is 1. The quantitative estimate of drug-likeness (QED) is 0.777. The van der Waals surface area contributed by atoms with E-state index >= 15 is 0 Å². The Hall–Kier alpha value is -1.78. The number of phenolic OH excluding ortho intramolecular Hbond substituents is 1. The van der Waals surface area contributed by atoms with Crippen molar-refractivity contribution in [3.8, 4) is 5.75 Å². The molecule has 1 aromatic rings. The van der Waals surface area contributed by atoms with Gasteiger partial charge in [0.25, 0.3) is 0 Å². The Morgan fingerprint density at radius 2 is 2.06 bits per heavy atom. The van der Waals surface area contributed by atoms with Gasteiger partial charge in [-0.25, -0.2) is 9.18 Å². The highest BCUT2D eigenvalue weighted by Gasteiger charge is 2.10. The van der Waals surface area contributed by atoms with E-state index in [2.05, 4.69) is 5.32 Å². The maximum Gasteiger partial charge on any atom is 0.321 e. The van der Waals surface area contributed by atoms with Gasteiger partial charge < -0.3 is 15.3 Å². The summed E-state index contributed by atoms with van der Waals surface area (Å²) < 4.78 is 13.0. The summed E-state index contributed by atoms with van der Waals surface area (Å²) >= 11 is 0. The van der Waals surface area contributed by atoms with Crippen molar-refractivity contribution < 1.29 is 14.3 Å². The molecule has 0 atom stereocenters. The topological polar surface area (TPSA) is 52.6 Å². The molecule has 4 nitrogen and oxygen atoms in total. The third-order valence-electron chi connectivity index (χ3n) is 2.25. The van der Waals surface area contributed by atoms with Crippen molar-refractivity contribution in [1.82, 2.24) is 4.90 Å². The highest BCUT2D eigenvalue weighted by atomic mass is 19.1. The van der Waals surface area contributed by atoms with Crippen LogP contribution in [0.1, 0.15) is 13.8 Å². The fourth-order valence-electron chi connectivity index (χ4n) is 1.30. The van der Waals surface area contributed by atoms with Crippen LogP contribution in [0, 0.1) is 5.82 Å². The van der Waals surface area contributed by atoms with E-state index in [1.54, 1.807) is 4.90 Å². The van der Waals surface area contributed by atoms with Crippen LogP contribution < -0.4 is 5.32 Å². The van der Waals surface area contributed by atoms with Crippen LogP contribution in [0.3, 0.4) is 0 Å². The number of carbonyl (C=O) groups excluding carboxylic acids is 1. The average molecular weight is 226 g/mol. The molecule has 5 heteroatoms. The molecule has 16 heavy (non-hydrogen) atoms. The molecule has 0 fully saturated rings. The highest BCUT2D eigenvalue weighted by Crippen LogP contribution is 2.19. The number of urea groups is 1. The maximum absolute atomic E-state index is 13.0. The third-order valence-corrected chi connectivity index (χ3v) is 2.25. The van der Waals surface area contributed by atoms with Crippen molar-refractivity contribution >= 4 is 11.7 Å². The second kappa shape index (κ2) is 5.34. The zero-order chi connectivity index (χ0) is 12.1. The third kappa shape index (κ3) is 2.85. The van der Waals surface area contributed by atoms with E-state index in [-0.39, 0.29) is 6.03 Å². The molecule has 0 aliphatic heterocycles. The molecule has 0 unspecified atom stereocenters. The van der Waals surface area contributed by atoms with E-state index in [4.69, 9.17) is 5.11 Å². The van der Waals surface area contributed by atoms with Crippen LogP contribution in [0.25, 0.3) is 0 Å². The van der Waals surface area contributed by atoms with Crippen molar-refractivity contribution in [3.63, 3.8) is 0 Å². The van der Waals surface area contributed by atoms with Crippen LogP contribution in [-0.2, 0) is 0 Å². The van der Waals surface area contributed by atoms with Gasteiger partial charge in [-0.15, -0.1) is 0 Å². The fourth-order valence-corrected chi connectivity index (χ4v) is 1.30. The number of aromatic hydroxyl groups is 1. The number of amides is 2. The van der Waals surface area contributed by atoms with Crippen molar-refractivity contribution in [1.29, 1.82) is 0 Å². The molecule has 1 rings (SSSR count). The van der Waals surface area contributed by atoms with Gasteiger partial charge in [-0.1, -0.05) is 0 Å². The summed E-state index contributed by atoms with van der Waals surface area (Å²) in [4.78, 5) is 13.2. The zero-order valence-electron chi connectivity index (χ0n) is 9.33. The molecule has 0 heterocycles. The summed E-state index contributed by atoms with van der Waals surface area (Å²) in [5, 5.41) is 11.5. The van der Waals surface area contributed by atoms with Crippen molar-refractivity contribution in [3.05, 3.63) is 24.0 Å². The molecule has 2 amide bonds. The molecule has 0 radical (unpaired) electrons. The summed E-state index contributed by atoms with van der Waals surface area (Å²) in [6, 6.07) is 3.44. The zero-order valence-corrected chi connectivity index (χ0v) is 9.33. The average Bonchev–Trinajstić information content (AvgIpc) is 2.25. The minimum atomic E-state index is -0.752. The Kier molecular flexibility index (Phi) is 4.10. The Morgan fingerprint density at radius 1 is 1.44 bits per heavy atom. The Labute approximate surface area is 93.7 Å². The SMILES string of the molecule is CCN(CC)C(=O)Nc1ccc(O)c(F)c1. The first-order valence-corrected chi connectivity index (χ1v) is 5.13. The van der Waals surface area contributed by atoms with E-state index in [1.807, 2.05) is 13.8 Å².